The number of hydrogen-bond donors (Lipinski definition) is 0. The Kier molecular flexibility index (Phi) is 3.58. The van der Waals surface area contributed by atoms with Gasteiger partial charge in [-0.25, -0.2) is 0 Å². The summed E-state index contributed by atoms with van der Waals surface area (Å²) in [5.41, 5.74) is 1.64. The molecule has 0 saturated heterocycles. The van der Waals surface area contributed by atoms with Gasteiger partial charge in [-0.1, -0.05) is 39.3 Å². The molecule has 0 bridgehead atoms. The fourth-order valence-electron chi connectivity index (χ4n) is 2.47. The molecule has 0 nitrogen and oxygen atoms in total. The van der Waals surface area contributed by atoms with E-state index in [1.54, 1.807) is 5.57 Å². The maximum atomic E-state index is 2.48. The minimum absolute atomic E-state index is 0.815. The third kappa shape index (κ3) is 2.59. The van der Waals surface area contributed by atoms with Crippen molar-refractivity contribution in [1.82, 2.24) is 0 Å². The van der Waals surface area contributed by atoms with Gasteiger partial charge in [-0.05, 0) is 43.4 Å². The fourth-order valence-corrected chi connectivity index (χ4v) is 2.47. The Morgan fingerprint density at radius 3 is 2.31 bits per heavy atom. The first-order chi connectivity index (χ1) is 6.02. The van der Waals surface area contributed by atoms with Crippen molar-refractivity contribution < 1.29 is 0 Å². The van der Waals surface area contributed by atoms with Gasteiger partial charge in [-0.15, -0.1) is 0 Å². The molecule has 0 aromatic carbocycles. The number of hydrogen-bond acceptors (Lipinski definition) is 0. The van der Waals surface area contributed by atoms with E-state index in [4.69, 9.17) is 0 Å². The average molecular weight is 180 g/mol. The Balaban J connectivity index is 2.66. The highest BCUT2D eigenvalue weighted by Crippen LogP contribution is 2.36. The van der Waals surface area contributed by atoms with Gasteiger partial charge < -0.3 is 0 Å². The number of rotatable bonds is 2. The van der Waals surface area contributed by atoms with Gasteiger partial charge >= 0.3 is 0 Å². The van der Waals surface area contributed by atoms with E-state index in [0.29, 0.717) is 0 Å². The van der Waals surface area contributed by atoms with Gasteiger partial charge in [0.25, 0.3) is 0 Å². The topological polar surface area (TPSA) is 0 Å². The molecule has 1 rings (SSSR count). The summed E-state index contributed by atoms with van der Waals surface area (Å²) >= 11 is 0. The van der Waals surface area contributed by atoms with Gasteiger partial charge in [0.15, 0.2) is 0 Å². The highest BCUT2D eigenvalue weighted by atomic mass is 14.3. The molecule has 0 radical (unpaired) electrons. The van der Waals surface area contributed by atoms with E-state index < -0.39 is 0 Å². The van der Waals surface area contributed by atoms with Crippen LogP contribution in [0.25, 0.3) is 0 Å². The molecular formula is C13H24. The van der Waals surface area contributed by atoms with Crippen LogP contribution in [0.1, 0.15) is 47.5 Å². The van der Waals surface area contributed by atoms with Crippen molar-refractivity contribution in [3.05, 3.63) is 11.6 Å². The van der Waals surface area contributed by atoms with Crippen molar-refractivity contribution >= 4 is 0 Å². The molecule has 76 valence electrons. The van der Waals surface area contributed by atoms with Crippen LogP contribution in [0.2, 0.25) is 0 Å². The molecule has 1 aliphatic carbocycles. The van der Waals surface area contributed by atoms with Crippen LogP contribution in [0.3, 0.4) is 0 Å². The first-order valence-corrected chi connectivity index (χ1v) is 5.70. The second-order valence-corrected chi connectivity index (χ2v) is 5.17. The highest BCUT2D eigenvalue weighted by molar-refractivity contribution is 5.10. The summed E-state index contributed by atoms with van der Waals surface area (Å²) in [4.78, 5) is 0. The molecule has 13 heavy (non-hydrogen) atoms. The molecule has 0 amide bonds. The third-order valence-electron chi connectivity index (χ3n) is 3.75. The van der Waals surface area contributed by atoms with Gasteiger partial charge in [-0.2, -0.15) is 0 Å². The van der Waals surface area contributed by atoms with E-state index >= 15 is 0 Å². The molecule has 3 atom stereocenters. The van der Waals surface area contributed by atoms with Crippen LogP contribution in [-0.2, 0) is 0 Å². The molecule has 0 aliphatic heterocycles. The van der Waals surface area contributed by atoms with Crippen LogP contribution in [0.5, 0.6) is 0 Å². The Bertz CT molecular complexity index is 188. The Morgan fingerprint density at radius 1 is 1.23 bits per heavy atom. The lowest BCUT2D eigenvalue weighted by Crippen LogP contribution is -2.22. The SMILES string of the molecule is CC1=CC(C)CCC1C(C)C(C)C. The summed E-state index contributed by atoms with van der Waals surface area (Å²) in [7, 11) is 0. The summed E-state index contributed by atoms with van der Waals surface area (Å²) in [6, 6.07) is 0. The van der Waals surface area contributed by atoms with Gasteiger partial charge in [0.2, 0.25) is 0 Å². The normalized spacial score (nSPS) is 31.7. The minimum atomic E-state index is 0.815. The van der Waals surface area contributed by atoms with E-state index in [9.17, 15) is 0 Å². The predicted octanol–water partition coefficient (Wildman–Crippen LogP) is 4.27. The molecular weight excluding hydrogens is 156 g/mol. The van der Waals surface area contributed by atoms with Crippen LogP contribution in [-0.4, -0.2) is 0 Å². The predicted molar refractivity (Wildman–Crippen MR) is 59.6 cm³/mol. The molecule has 0 aromatic rings. The van der Waals surface area contributed by atoms with Crippen LogP contribution in [0.4, 0.5) is 0 Å². The lowest BCUT2D eigenvalue weighted by atomic mass is 9.73. The lowest BCUT2D eigenvalue weighted by molar-refractivity contribution is 0.274. The lowest BCUT2D eigenvalue weighted by Gasteiger charge is -2.32. The zero-order valence-corrected chi connectivity index (χ0v) is 9.80. The standard InChI is InChI=1S/C13H24/c1-9(2)12(5)13-7-6-10(3)8-11(13)4/h8-10,12-13H,6-7H2,1-5H3. The molecule has 0 spiro atoms. The number of allylic oxidation sites excluding steroid dienone is 2. The molecule has 1 aliphatic rings. The Morgan fingerprint density at radius 2 is 1.85 bits per heavy atom. The summed E-state index contributed by atoms with van der Waals surface area (Å²) in [5, 5.41) is 0. The van der Waals surface area contributed by atoms with Gasteiger partial charge in [0.05, 0.1) is 0 Å². The van der Waals surface area contributed by atoms with Crippen molar-refractivity contribution in [2.24, 2.45) is 23.7 Å². The van der Waals surface area contributed by atoms with Gasteiger partial charge in [0.1, 0.15) is 0 Å². The molecule has 0 N–H and O–H groups in total. The monoisotopic (exact) mass is 180 g/mol. The average Bonchev–Trinajstić information content (AvgIpc) is 2.03. The summed E-state index contributed by atoms with van der Waals surface area (Å²) < 4.78 is 0. The zero-order valence-electron chi connectivity index (χ0n) is 9.80. The molecule has 0 aromatic heterocycles. The van der Waals surface area contributed by atoms with Gasteiger partial charge in [0, 0.05) is 0 Å². The van der Waals surface area contributed by atoms with Crippen molar-refractivity contribution in [2.75, 3.05) is 0 Å². The summed E-state index contributed by atoms with van der Waals surface area (Å²) in [6.45, 7) is 11.7. The van der Waals surface area contributed by atoms with Crippen molar-refractivity contribution in [1.29, 1.82) is 0 Å². The molecule has 3 unspecified atom stereocenters. The van der Waals surface area contributed by atoms with Crippen molar-refractivity contribution in [2.45, 2.75) is 47.5 Å². The van der Waals surface area contributed by atoms with Crippen LogP contribution in [0.15, 0.2) is 11.6 Å². The fraction of sp³-hybridized carbons (Fsp3) is 0.846. The third-order valence-corrected chi connectivity index (χ3v) is 3.75. The Hall–Kier alpha value is -0.260. The van der Waals surface area contributed by atoms with E-state index in [-0.39, 0.29) is 0 Å². The first-order valence-electron chi connectivity index (χ1n) is 5.70. The van der Waals surface area contributed by atoms with E-state index in [1.807, 2.05) is 0 Å². The highest BCUT2D eigenvalue weighted by Gasteiger charge is 2.24. The van der Waals surface area contributed by atoms with Crippen LogP contribution < -0.4 is 0 Å². The minimum Gasteiger partial charge on any atom is -0.0825 e. The summed E-state index contributed by atoms with van der Waals surface area (Å²) in [5.74, 6) is 3.34. The van der Waals surface area contributed by atoms with Crippen molar-refractivity contribution in [3.8, 4) is 0 Å². The Labute approximate surface area is 83.4 Å². The van der Waals surface area contributed by atoms with E-state index in [1.165, 1.54) is 12.8 Å². The summed E-state index contributed by atoms with van der Waals surface area (Å²) in [6.07, 6.45) is 5.27. The maximum Gasteiger partial charge on any atom is -0.0178 e. The molecule has 0 saturated carbocycles. The van der Waals surface area contributed by atoms with E-state index in [0.717, 1.165) is 23.7 Å². The van der Waals surface area contributed by atoms with Gasteiger partial charge in [-0.3, -0.25) is 0 Å². The molecule has 0 heterocycles. The molecule has 0 fully saturated rings. The second-order valence-electron chi connectivity index (χ2n) is 5.17. The smallest absolute Gasteiger partial charge is 0.0178 e. The molecule has 0 heteroatoms. The van der Waals surface area contributed by atoms with E-state index in [2.05, 4.69) is 40.7 Å². The zero-order chi connectivity index (χ0) is 10.0. The largest absolute Gasteiger partial charge is 0.0825 e. The second kappa shape index (κ2) is 4.30. The first kappa shape index (κ1) is 10.8. The van der Waals surface area contributed by atoms with Crippen LogP contribution >= 0.6 is 0 Å². The maximum absolute atomic E-state index is 2.48. The van der Waals surface area contributed by atoms with Crippen molar-refractivity contribution in [3.63, 3.8) is 0 Å². The van der Waals surface area contributed by atoms with Crippen LogP contribution in [0, 0.1) is 23.7 Å². The quantitative estimate of drug-likeness (QED) is 0.557.